The minimum atomic E-state index is -0.483. The average Bonchev–Trinajstić information content (AvgIpc) is 3.31. The van der Waals surface area contributed by atoms with Gasteiger partial charge in [-0.15, -0.1) is 0 Å². The Balaban J connectivity index is 1.26. The van der Waals surface area contributed by atoms with Crippen LogP contribution in [0, 0.1) is 0 Å². The van der Waals surface area contributed by atoms with Crippen molar-refractivity contribution in [2.75, 3.05) is 13.7 Å². The number of methoxy groups -OCH3 is 1. The number of aliphatic hydroxyl groups excluding tert-OH is 2. The van der Waals surface area contributed by atoms with Crippen molar-refractivity contribution in [1.29, 1.82) is 0 Å². The maximum absolute atomic E-state index is 10.2. The molecule has 2 heterocycles. The Labute approximate surface area is 204 Å². The molecular weight excluding hydrogens is 444 g/mol. The molecule has 6 heteroatoms. The molecule has 0 radical (unpaired) electrons. The quantitative estimate of drug-likeness (QED) is 0.366. The molecule has 1 aliphatic heterocycles. The smallest absolute Gasteiger partial charge is 0.146 e. The summed E-state index contributed by atoms with van der Waals surface area (Å²) in [5, 5.41) is 20.8. The van der Waals surface area contributed by atoms with E-state index >= 15 is 0 Å². The van der Waals surface area contributed by atoms with Gasteiger partial charge >= 0.3 is 0 Å². The lowest BCUT2D eigenvalue weighted by Gasteiger charge is -2.32. The predicted octanol–water partition coefficient (Wildman–Crippen LogP) is 5.18. The minimum absolute atomic E-state index is 0.0959. The molecule has 1 saturated heterocycles. The molecule has 2 N–H and O–H groups in total. The van der Waals surface area contributed by atoms with Gasteiger partial charge in [0.2, 0.25) is 0 Å². The topological polar surface area (TPSA) is 81.3 Å². The van der Waals surface area contributed by atoms with Crippen LogP contribution in [0.1, 0.15) is 41.4 Å². The number of furan rings is 1. The van der Waals surface area contributed by atoms with Crippen LogP contribution in [0.25, 0.3) is 11.0 Å². The Morgan fingerprint density at radius 2 is 1.80 bits per heavy atom. The van der Waals surface area contributed by atoms with E-state index in [4.69, 9.17) is 18.6 Å². The van der Waals surface area contributed by atoms with Crippen molar-refractivity contribution in [3.8, 4) is 11.5 Å². The molecule has 0 aliphatic carbocycles. The van der Waals surface area contributed by atoms with Gasteiger partial charge in [0.15, 0.2) is 0 Å². The van der Waals surface area contributed by atoms with Gasteiger partial charge in [0, 0.05) is 24.6 Å². The van der Waals surface area contributed by atoms with E-state index < -0.39 is 6.10 Å². The van der Waals surface area contributed by atoms with Crippen molar-refractivity contribution >= 4 is 11.0 Å². The van der Waals surface area contributed by atoms with Crippen molar-refractivity contribution in [1.82, 2.24) is 0 Å². The second-order valence-electron chi connectivity index (χ2n) is 8.99. The van der Waals surface area contributed by atoms with Gasteiger partial charge in [0.1, 0.15) is 29.4 Å². The van der Waals surface area contributed by atoms with E-state index in [9.17, 15) is 10.2 Å². The normalized spacial score (nSPS) is 20.1. The highest BCUT2D eigenvalue weighted by Crippen LogP contribution is 2.34. The minimum Gasteiger partial charge on any atom is -0.496 e. The first-order valence-corrected chi connectivity index (χ1v) is 11.9. The highest BCUT2D eigenvalue weighted by Gasteiger charge is 2.29. The fourth-order valence-corrected chi connectivity index (χ4v) is 4.65. The van der Waals surface area contributed by atoms with Gasteiger partial charge in [0.25, 0.3) is 0 Å². The molecule has 0 spiro atoms. The van der Waals surface area contributed by atoms with Crippen molar-refractivity contribution in [3.63, 3.8) is 0 Å². The molecule has 4 aromatic rings. The van der Waals surface area contributed by atoms with Gasteiger partial charge in [-0.3, -0.25) is 0 Å². The third-order valence-electron chi connectivity index (χ3n) is 6.43. The molecular formula is C29H30O6. The van der Waals surface area contributed by atoms with Crippen molar-refractivity contribution in [3.05, 3.63) is 95.2 Å². The highest BCUT2D eigenvalue weighted by atomic mass is 16.5. The molecule has 35 heavy (non-hydrogen) atoms. The summed E-state index contributed by atoms with van der Waals surface area (Å²) in [5.74, 6) is 2.36. The van der Waals surface area contributed by atoms with Crippen LogP contribution in [-0.2, 0) is 17.8 Å². The van der Waals surface area contributed by atoms with Crippen LogP contribution < -0.4 is 9.47 Å². The maximum Gasteiger partial charge on any atom is 0.146 e. The van der Waals surface area contributed by atoms with Gasteiger partial charge in [-0.1, -0.05) is 36.4 Å². The number of hydrogen-bond donors (Lipinski definition) is 2. The van der Waals surface area contributed by atoms with Gasteiger partial charge in [-0.05, 0) is 53.1 Å². The number of para-hydroxylation sites is 1. The molecule has 0 saturated carbocycles. The van der Waals surface area contributed by atoms with E-state index in [1.54, 1.807) is 7.11 Å². The largest absolute Gasteiger partial charge is 0.496 e. The number of hydrogen-bond acceptors (Lipinski definition) is 6. The molecule has 182 valence electrons. The van der Waals surface area contributed by atoms with Gasteiger partial charge in [-0.2, -0.15) is 0 Å². The number of fused-ring (bicyclic) bond motifs is 1. The molecule has 3 aromatic carbocycles. The molecule has 6 nitrogen and oxygen atoms in total. The van der Waals surface area contributed by atoms with Gasteiger partial charge in [0.05, 0.1) is 32.0 Å². The van der Waals surface area contributed by atoms with E-state index in [0.717, 1.165) is 44.9 Å². The fraction of sp³-hybridized carbons (Fsp3) is 0.310. The first kappa shape index (κ1) is 23.4. The lowest BCUT2D eigenvalue weighted by Crippen LogP contribution is -2.33. The molecule has 5 rings (SSSR count). The van der Waals surface area contributed by atoms with Crippen LogP contribution in [0.4, 0.5) is 0 Å². The van der Waals surface area contributed by atoms with Crippen molar-refractivity contribution in [2.24, 2.45) is 0 Å². The monoisotopic (exact) mass is 474 g/mol. The number of benzene rings is 3. The Kier molecular flexibility index (Phi) is 7.04. The Morgan fingerprint density at radius 1 is 0.971 bits per heavy atom. The zero-order chi connectivity index (χ0) is 24.2. The summed E-state index contributed by atoms with van der Waals surface area (Å²) in [4.78, 5) is 0. The summed E-state index contributed by atoms with van der Waals surface area (Å²) in [6.45, 7) is 0.271. The van der Waals surface area contributed by atoms with Crippen LogP contribution in [0.5, 0.6) is 11.5 Å². The molecule has 3 unspecified atom stereocenters. The van der Waals surface area contributed by atoms with Gasteiger partial charge in [-0.25, -0.2) is 0 Å². The summed E-state index contributed by atoms with van der Waals surface area (Å²) in [6, 6.07) is 23.9. The third-order valence-corrected chi connectivity index (χ3v) is 6.43. The first-order chi connectivity index (χ1) is 17.1. The summed E-state index contributed by atoms with van der Waals surface area (Å²) >= 11 is 0. The van der Waals surface area contributed by atoms with Crippen LogP contribution >= 0.6 is 0 Å². The van der Waals surface area contributed by atoms with Crippen molar-refractivity contribution < 1.29 is 28.8 Å². The SMILES string of the molecule is COc1ccc(C2CC(O)CC(CO)O2)cc1Cc1ccc(OCc2cc3ccccc3o2)cc1. The predicted molar refractivity (Wildman–Crippen MR) is 133 cm³/mol. The highest BCUT2D eigenvalue weighted by molar-refractivity contribution is 5.77. The number of ether oxygens (including phenoxy) is 3. The second-order valence-corrected chi connectivity index (χ2v) is 8.99. The van der Waals surface area contributed by atoms with E-state index in [1.807, 2.05) is 66.7 Å². The summed E-state index contributed by atoms with van der Waals surface area (Å²) in [6.07, 6.45) is 0.569. The first-order valence-electron chi connectivity index (χ1n) is 11.9. The lowest BCUT2D eigenvalue weighted by atomic mass is 9.93. The zero-order valence-electron chi connectivity index (χ0n) is 19.7. The number of aliphatic hydroxyl groups is 2. The van der Waals surface area contributed by atoms with Crippen molar-refractivity contribution in [2.45, 2.75) is 44.2 Å². The van der Waals surface area contributed by atoms with Crippen LogP contribution in [0.2, 0.25) is 0 Å². The van der Waals surface area contributed by atoms with E-state index in [0.29, 0.717) is 25.9 Å². The van der Waals surface area contributed by atoms with E-state index in [-0.39, 0.29) is 18.8 Å². The Hall–Kier alpha value is -3.32. The second kappa shape index (κ2) is 10.5. The lowest BCUT2D eigenvalue weighted by molar-refractivity contribution is -0.113. The summed E-state index contributed by atoms with van der Waals surface area (Å²) in [7, 11) is 1.66. The summed E-state index contributed by atoms with van der Waals surface area (Å²) in [5.41, 5.74) is 3.99. The van der Waals surface area contributed by atoms with Gasteiger partial charge < -0.3 is 28.8 Å². The third kappa shape index (κ3) is 5.51. The average molecular weight is 475 g/mol. The maximum atomic E-state index is 10.2. The molecule has 1 aromatic heterocycles. The van der Waals surface area contributed by atoms with Crippen LogP contribution in [-0.4, -0.2) is 36.1 Å². The van der Waals surface area contributed by atoms with E-state index in [1.165, 1.54) is 0 Å². The molecule has 3 atom stereocenters. The molecule has 0 amide bonds. The number of rotatable bonds is 8. The van der Waals surface area contributed by atoms with Crippen LogP contribution in [0.15, 0.2) is 77.2 Å². The standard InChI is InChI=1S/C29H30O6/c1-32-27-11-8-21(29-16-23(31)15-25(17-30)34-29)13-22(27)12-19-6-9-24(10-7-19)33-18-26-14-20-4-2-3-5-28(20)35-26/h2-11,13-14,23,25,29-31H,12,15-18H2,1H3. The fourth-order valence-electron chi connectivity index (χ4n) is 4.65. The van der Waals surface area contributed by atoms with Crippen LogP contribution in [0.3, 0.4) is 0 Å². The summed E-state index contributed by atoms with van der Waals surface area (Å²) < 4.78 is 23.3. The molecule has 1 aliphatic rings. The molecule has 0 bridgehead atoms. The Morgan fingerprint density at radius 3 is 2.57 bits per heavy atom. The molecule has 1 fully saturated rings. The Bertz CT molecular complexity index is 1230. The zero-order valence-corrected chi connectivity index (χ0v) is 19.7. The van der Waals surface area contributed by atoms with E-state index in [2.05, 4.69) is 6.07 Å².